The molecule has 9 heteroatoms. The Hall–Kier alpha value is -1.93. The van der Waals surface area contributed by atoms with E-state index in [1.807, 2.05) is 6.07 Å². The SMILES string of the molecule is N=CC(CNC1CCNCC1)c1cnc2c(c1)O[C@@H](c1c(Cl)ccc(F)c1Cl)N2. The van der Waals surface area contributed by atoms with Crippen LogP contribution in [0, 0.1) is 11.2 Å². The van der Waals surface area contributed by atoms with Gasteiger partial charge in [-0.2, -0.15) is 0 Å². The molecular weight excluding hydrogens is 416 g/mol. The summed E-state index contributed by atoms with van der Waals surface area (Å²) in [5, 5.41) is 18.0. The lowest BCUT2D eigenvalue weighted by Gasteiger charge is -2.25. The number of rotatable bonds is 6. The average Bonchev–Trinajstić information content (AvgIpc) is 3.15. The van der Waals surface area contributed by atoms with Crippen LogP contribution in [0.2, 0.25) is 10.0 Å². The third-order valence-electron chi connectivity index (χ3n) is 5.32. The molecule has 0 amide bonds. The number of nitrogens with zero attached hydrogens (tertiary/aromatic N) is 1. The highest BCUT2D eigenvalue weighted by Crippen LogP contribution is 2.42. The first-order valence-corrected chi connectivity index (χ1v) is 10.3. The Kier molecular flexibility index (Phi) is 6.20. The number of benzene rings is 1. The van der Waals surface area contributed by atoms with Crippen LogP contribution in [0.5, 0.6) is 5.75 Å². The predicted octanol–water partition coefficient (Wildman–Crippen LogP) is 4.11. The van der Waals surface area contributed by atoms with Crippen LogP contribution in [0.4, 0.5) is 10.2 Å². The minimum absolute atomic E-state index is 0.0773. The molecule has 4 rings (SSSR count). The fourth-order valence-corrected chi connectivity index (χ4v) is 4.22. The van der Waals surface area contributed by atoms with Crippen LogP contribution in [-0.2, 0) is 0 Å². The van der Waals surface area contributed by atoms with Crippen molar-refractivity contribution in [1.29, 1.82) is 5.41 Å². The third kappa shape index (κ3) is 4.33. The first-order valence-electron chi connectivity index (χ1n) is 9.58. The molecule has 2 aromatic rings. The van der Waals surface area contributed by atoms with E-state index in [9.17, 15) is 4.39 Å². The van der Waals surface area contributed by atoms with Crippen LogP contribution in [0.15, 0.2) is 24.4 Å². The second-order valence-corrected chi connectivity index (χ2v) is 8.01. The lowest BCUT2D eigenvalue weighted by atomic mass is 10.00. The van der Waals surface area contributed by atoms with Crippen LogP contribution in [0.3, 0.4) is 0 Å². The largest absolute Gasteiger partial charge is 0.462 e. The Bertz CT molecular complexity index is 907. The molecule has 1 saturated heterocycles. The number of fused-ring (bicyclic) bond motifs is 1. The lowest BCUT2D eigenvalue weighted by molar-refractivity contribution is 0.259. The zero-order valence-electron chi connectivity index (χ0n) is 15.6. The van der Waals surface area contributed by atoms with Crippen LogP contribution in [-0.4, -0.2) is 36.9 Å². The van der Waals surface area contributed by atoms with E-state index in [-0.39, 0.29) is 10.9 Å². The van der Waals surface area contributed by atoms with Gasteiger partial charge in [0.1, 0.15) is 5.82 Å². The van der Waals surface area contributed by atoms with E-state index in [0.717, 1.165) is 31.5 Å². The molecule has 2 aliphatic rings. The van der Waals surface area contributed by atoms with Gasteiger partial charge in [0, 0.05) is 30.9 Å². The Labute approximate surface area is 178 Å². The van der Waals surface area contributed by atoms with Crippen molar-refractivity contribution < 1.29 is 9.13 Å². The van der Waals surface area contributed by atoms with Crippen LogP contribution in [0.25, 0.3) is 0 Å². The summed E-state index contributed by atoms with van der Waals surface area (Å²) in [6, 6.07) is 4.98. The van der Waals surface area contributed by atoms with E-state index >= 15 is 0 Å². The van der Waals surface area contributed by atoms with Crippen molar-refractivity contribution in [3.8, 4) is 5.75 Å². The zero-order chi connectivity index (χ0) is 20.4. The second-order valence-electron chi connectivity index (χ2n) is 7.22. The topological polar surface area (TPSA) is 82.1 Å². The van der Waals surface area contributed by atoms with Crippen LogP contribution >= 0.6 is 23.2 Å². The summed E-state index contributed by atoms with van der Waals surface area (Å²) in [5.74, 6) is 0.378. The molecule has 4 N–H and O–H groups in total. The summed E-state index contributed by atoms with van der Waals surface area (Å²) in [5.41, 5.74) is 1.21. The Morgan fingerprint density at radius 2 is 2.14 bits per heavy atom. The van der Waals surface area contributed by atoms with Crippen molar-refractivity contribution in [2.45, 2.75) is 31.0 Å². The van der Waals surface area contributed by atoms with Crippen molar-refractivity contribution >= 4 is 35.2 Å². The monoisotopic (exact) mass is 437 g/mol. The molecule has 0 bridgehead atoms. The molecule has 0 saturated carbocycles. The summed E-state index contributed by atoms with van der Waals surface area (Å²) in [7, 11) is 0. The van der Waals surface area contributed by atoms with Gasteiger partial charge in [-0.05, 0) is 49.7 Å². The van der Waals surface area contributed by atoms with Gasteiger partial charge in [0.25, 0.3) is 0 Å². The minimum Gasteiger partial charge on any atom is -0.462 e. The van der Waals surface area contributed by atoms with Gasteiger partial charge >= 0.3 is 0 Å². The lowest BCUT2D eigenvalue weighted by Crippen LogP contribution is -2.41. The fraction of sp³-hybridized carbons (Fsp3) is 0.400. The summed E-state index contributed by atoms with van der Waals surface area (Å²) in [6.07, 6.45) is 4.58. The highest BCUT2D eigenvalue weighted by Gasteiger charge is 2.30. The molecule has 0 radical (unpaired) electrons. The van der Waals surface area contributed by atoms with Gasteiger partial charge in [0.15, 0.2) is 11.6 Å². The molecule has 0 aliphatic carbocycles. The van der Waals surface area contributed by atoms with E-state index < -0.39 is 12.0 Å². The number of hydrogen-bond donors (Lipinski definition) is 4. The molecule has 1 aromatic heterocycles. The smallest absolute Gasteiger partial charge is 0.200 e. The molecule has 154 valence electrons. The molecule has 2 aliphatic heterocycles. The van der Waals surface area contributed by atoms with E-state index in [0.29, 0.717) is 34.7 Å². The van der Waals surface area contributed by atoms with Crippen LogP contribution in [0.1, 0.15) is 36.1 Å². The maximum absolute atomic E-state index is 13.9. The van der Waals surface area contributed by atoms with Gasteiger partial charge < -0.3 is 26.1 Å². The number of aromatic nitrogens is 1. The Balaban J connectivity index is 1.48. The maximum Gasteiger partial charge on any atom is 0.200 e. The Morgan fingerprint density at radius 1 is 1.34 bits per heavy atom. The zero-order valence-corrected chi connectivity index (χ0v) is 17.2. The number of halogens is 3. The molecule has 2 atom stereocenters. The molecular formula is C20H22Cl2FN5O. The first kappa shape index (κ1) is 20.3. The molecule has 6 nitrogen and oxygen atoms in total. The highest BCUT2D eigenvalue weighted by molar-refractivity contribution is 6.36. The molecule has 1 unspecified atom stereocenters. The molecule has 29 heavy (non-hydrogen) atoms. The number of piperidine rings is 1. The van der Waals surface area contributed by atoms with E-state index in [1.165, 1.54) is 18.3 Å². The van der Waals surface area contributed by atoms with Crippen molar-refractivity contribution in [2.75, 3.05) is 25.0 Å². The molecule has 3 heterocycles. The summed E-state index contributed by atoms with van der Waals surface area (Å²) >= 11 is 12.3. The van der Waals surface area contributed by atoms with Gasteiger partial charge in [-0.1, -0.05) is 23.2 Å². The molecule has 1 fully saturated rings. The predicted molar refractivity (Wildman–Crippen MR) is 113 cm³/mol. The number of hydrogen-bond acceptors (Lipinski definition) is 6. The van der Waals surface area contributed by atoms with Gasteiger partial charge in [-0.15, -0.1) is 0 Å². The summed E-state index contributed by atoms with van der Waals surface area (Å²) in [4.78, 5) is 4.42. The van der Waals surface area contributed by atoms with Crippen molar-refractivity contribution in [3.63, 3.8) is 0 Å². The van der Waals surface area contributed by atoms with Crippen molar-refractivity contribution in [1.82, 2.24) is 15.6 Å². The summed E-state index contributed by atoms with van der Waals surface area (Å²) < 4.78 is 19.8. The highest BCUT2D eigenvalue weighted by atomic mass is 35.5. The average molecular weight is 438 g/mol. The molecule has 1 aromatic carbocycles. The standard InChI is InChI=1S/C20H22Cl2FN5O/c21-14-1-2-15(23)18(22)17(14)20-28-19-16(29-20)7-11(9-27-19)12(8-24)10-26-13-3-5-25-6-4-13/h1-2,7-9,12-13,20,24-26H,3-6,10H2,(H,27,28)/t12?,20-/m0/s1. The number of pyridine rings is 1. The normalized spacial score (nSPS) is 19.9. The van der Waals surface area contributed by atoms with Gasteiger partial charge in [0.05, 0.1) is 15.6 Å². The first-order chi connectivity index (χ1) is 14.1. The number of ether oxygens (including phenoxy) is 1. The fourth-order valence-electron chi connectivity index (χ4n) is 3.65. The van der Waals surface area contributed by atoms with Gasteiger partial charge in [0.2, 0.25) is 6.23 Å². The molecule has 0 spiro atoms. The van der Waals surface area contributed by atoms with Gasteiger partial charge in [-0.25, -0.2) is 9.37 Å². The van der Waals surface area contributed by atoms with Crippen molar-refractivity contribution in [2.24, 2.45) is 0 Å². The van der Waals surface area contributed by atoms with E-state index in [4.69, 9.17) is 33.3 Å². The third-order valence-corrected chi connectivity index (χ3v) is 6.04. The quantitative estimate of drug-likeness (QED) is 0.403. The summed E-state index contributed by atoms with van der Waals surface area (Å²) in [6.45, 7) is 2.69. The van der Waals surface area contributed by atoms with E-state index in [1.54, 1.807) is 6.20 Å². The van der Waals surface area contributed by atoms with Gasteiger partial charge in [-0.3, -0.25) is 0 Å². The Morgan fingerprint density at radius 3 is 2.90 bits per heavy atom. The van der Waals surface area contributed by atoms with Crippen LogP contribution < -0.4 is 20.7 Å². The maximum atomic E-state index is 13.9. The van der Waals surface area contributed by atoms with E-state index in [2.05, 4.69) is 20.9 Å². The number of anilines is 1. The second kappa shape index (κ2) is 8.83. The van der Waals surface area contributed by atoms with Crippen molar-refractivity contribution in [3.05, 3.63) is 51.4 Å². The minimum atomic E-state index is -0.727. The number of nitrogens with one attached hydrogen (secondary N) is 4.